The molecule has 0 atom stereocenters. The lowest BCUT2D eigenvalue weighted by atomic mass is 10.2. The maximum Gasteiger partial charge on any atom is 0.410 e. The standard InChI is InChI=1S/C21H27N5O4/c1-21(2,3)30-20(28)26-11-9-25(10-12-26)16-7-5-15(6-8-16)24-18-17(19(27)29-4)13-22-14-23-18/h5-8,13-14H,9-12H2,1-4H3,(H,22,23,24). The maximum atomic E-state index is 12.2. The summed E-state index contributed by atoms with van der Waals surface area (Å²) in [6, 6.07) is 7.81. The summed E-state index contributed by atoms with van der Waals surface area (Å²) in [5, 5.41) is 3.12. The molecule has 9 nitrogen and oxygen atoms in total. The lowest BCUT2D eigenvalue weighted by Gasteiger charge is -2.36. The highest BCUT2D eigenvalue weighted by molar-refractivity contribution is 5.94. The summed E-state index contributed by atoms with van der Waals surface area (Å²) >= 11 is 0. The minimum atomic E-state index is -0.502. The Morgan fingerprint density at radius 1 is 1.07 bits per heavy atom. The summed E-state index contributed by atoms with van der Waals surface area (Å²) in [5.41, 5.74) is 1.62. The summed E-state index contributed by atoms with van der Waals surface area (Å²) in [5.74, 6) is -0.117. The highest BCUT2D eigenvalue weighted by atomic mass is 16.6. The second-order valence-corrected chi connectivity index (χ2v) is 7.90. The zero-order valence-electron chi connectivity index (χ0n) is 17.7. The summed E-state index contributed by atoms with van der Waals surface area (Å²) < 4.78 is 10.2. The number of piperazine rings is 1. The van der Waals surface area contributed by atoms with Crippen LogP contribution in [0.15, 0.2) is 36.8 Å². The molecule has 1 fully saturated rings. The Morgan fingerprint density at radius 3 is 2.33 bits per heavy atom. The van der Waals surface area contributed by atoms with Gasteiger partial charge in [-0.1, -0.05) is 0 Å². The predicted molar refractivity (Wildman–Crippen MR) is 113 cm³/mol. The molecular formula is C21H27N5O4. The van der Waals surface area contributed by atoms with Gasteiger partial charge in [0.25, 0.3) is 0 Å². The SMILES string of the molecule is COC(=O)c1cncnc1Nc1ccc(N2CCN(C(=O)OC(C)(C)C)CC2)cc1. The number of aromatic nitrogens is 2. The topological polar surface area (TPSA) is 96.9 Å². The van der Waals surface area contributed by atoms with E-state index in [0.29, 0.717) is 18.9 Å². The molecule has 2 aromatic rings. The van der Waals surface area contributed by atoms with Crippen LogP contribution in [-0.4, -0.2) is 65.8 Å². The van der Waals surface area contributed by atoms with E-state index in [0.717, 1.165) is 24.5 Å². The number of hydrogen-bond donors (Lipinski definition) is 1. The molecule has 1 amide bonds. The monoisotopic (exact) mass is 413 g/mol. The van der Waals surface area contributed by atoms with Gasteiger partial charge < -0.3 is 24.6 Å². The Hall–Kier alpha value is -3.36. The van der Waals surface area contributed by atoms with E-state index in [-0.39, 0.29) is 11.7 Å². The molecule has 30 heavy (non-hydrogen) atoms. The van der Waals surface area contributed by atoms with Crippen LogP contribution in [0, 0.1) is 0 Å². The molecule has 1 N–H and O–H groups in total. The summed E-state index contributed by atoms with van der Waals surface area (Å²) in [7, 11) is 1.32. The van der Waals surface area contributed by atoms with Crippen LogP contribution in [0.25, 0.3) is 0 Å². The third kappa shape index (κ3) is 5.37. The number of rotatable bonds is 4. The van der Waals surface area contributed by atoms with E-state index in [1.807, 2.05) is 45.0 Å². The van der Waals surface area contributed by atoms with Gasteiger partial charge in [-0.2, -0.15) is 0 Å². The molecule has 160 valence electrons. The van der Waals surface area contributed by atoms with Crippen molar-refractivity contribution in [2.24, 2.45) is 0 Å². The van der Waals surface area contributed by atoms with E-state index >= 15 is 0 Å². The molecule has 1 saturated heterocycles. The number of nitrogens with one attached hydrogen (secondary N) is 1. The average molecular weight is 413 g/mol. The van der Waals surface area contributed by atoms with Gasteiger partial charge in [0, 0.05) is 43.8 Å². The minimum absolute atomic E-state index is 0.266. The molecule has 0 saturated carbocycles. The molecule has 1 aliphatic heterocycles. The van der Waals surface area contributed by atoms with Gasteiger partial charge in [0.05, 0.1) is 7.11 Å². The van der Waals surface area contributed by atoms with Crippen molar-refractivity contribution in [2.45, 2.75) is 26.4 Å². The largest absolute Gasteiger partial charge is 0.465 e. The Bertz CT molecular complexity index is 887. The van der Waals surface area contributed by atoms with Crippen LogP contribution in [0.5, 0.6) is 0 Å². The highest BCUT2D eigenvalue weighted by Gasteiger charge is 2.26. The number of nitrogens with zero attached hydrogens (tertiary/aromatic N) is 4. The molecule has 9 heteroatoms. The van der Waals surface area contributed by atoms with Crippen molar-refractivity contribution in [3.8, 4) is 0 Å². The number of methoxy groups -OCH3 is 1. The van der Waals surface area contributed by atoms with E-state index in [1.54, 1.807) is 4.90 Å². The fourth-order valence-electron chi connectivity index (χ4n) is 3.05. The third-order valence-electron chi connectivity index (χ3n) is 4.54. The smallest absolute Gasteiger partial charge is 0.410 e. The quantitative estimate of drug-likeness (QED) is 0.764. The fourth-order valence-corrected chi connectivity index (χ4v) is 3.05. The number of carbonyl (C=O) groups is 2. The highest BCUT2D eigenvalue weighted by Crippen LogP contribution is 2.23. The molecule has 3 rings (SSSR count). The second-order valence-electron chi connectivity index (χ2n) is 7.90. The number of carbonyl (C=O) groups excluding carboxylic acids is 2. The van der Waals surface area contributed by atoms with Gasteiger partial charge in [-0.25, -0.2) is 19.6 Å². The van der Waals surface area contributed by atoms with Crippen molar-refractivity contribution in [2.75, 3.05) is 43.5 Å². The van der Waals surface area contributed by atoms with Crippen LogP contribution >= 0.6 is 0 Å². The van der Waals surface area contributed by atoms with Crippen molar-refractivity contribution in [3.63, 3.8) is 0 Å². The number of benzene rings is 1. The molecule has 1 aliphatic rings. The van der Waals surface area contributed by atoms with Crippen LogP contribution in [0.1, 0.15) is 31.1 Å². The summed E-state index contributed by atoms with van der Waals surface area (Å²) in [6.07, 6.45) is 2.51. The lowest BCUT2D eigenvalue weighted by Crippen LogP contribution is -2.50. The average Bonchev–Trinajstić information content (AvgIpc) is 2.73. The minimum Gasteiger partial charge on any atom is -0.465 e. The van der Waals surface area contributed by atoms with Gasteiger partial charge >= 0.3 is 12.1 Å². The molecule has 0 bridgehead atoms. The number of hydrogen-bond acceptors (Lipinski definition) is 8. The van der Waals surface area contributed by atoms with E-state index in [9.17, 15) is 9.59 Å². The van der Waals surface area contributed by atoms with E-state index in [1.165, 1.54) is 19.6 Å². The molecule has 2 heterocycles. The summed E-state index contributed by atoms with van der Waals surface area (Å²) in [6.45, 7) is 8.27. The van der Waals surface area contributed by atoms with Crippen LogP contribution in [0.4, 0.5) is 22.0 Å². The number of amides is 1. The molecule has 0 aliphatic carbocycles. The molecule has 0 unspecified atom stereocenters. The first-order valence-electron chi connectivity index (χ1n) is 9.75. The van der Waals surface area contributed by atoms with Gasteiger partial charge in [-0.05, 0) is 45.0 Å². The first-order valence-corrected chi connectivity index (χ1v) is 9.75. The van der Waals surface area contributed by atoms with Crippen molar-refractivity contribution in [3.05, 3.63) is 42.4 Å². The first kappa shape index (κ1) is 21.4. The van der Waals surface area contributed by atoms with E-state index in [4.69, 9.17) is 9.47 Å². The van der Waals surface area contributed by atoms with Crippen LogP contribution < -0.4 is 10.2 Å². The van der Waals surface area contributed by atoms with Crippen molar-refractivity contribution in [1.29, 1.82) is 0 Å². The molecular weight excluding hydrogens is 386 g/mol. The number of ether oxygens (including phenoxy) is 2. The normalized spacial score (nSPS) is 14.3. The molecule has 0 spiro atoms. The Labute approximate surface area is 176 Å². The second kappa shape index (κ2) is 8.98. The van der Waals surface area contributed by atoms with Crippen LogP contribution in [0.3, 0.4) is 0 Å². The number of anilines is 3. The van der Waals surface area contributed by atoms with Crippen molar-refractivity contribution < 1.29 is 19.1 Å². The van der Waals surface area contributed by atoms with Gasteiger partial charge in [0.15, 0.2) is 0 Å². The predicted octanol–water partition coefficient (Wildman–Crippen LogP) is 3.06. The zero-order valence-corrected chi connectivity index (χ0v) is 17.7. The van der Waals surface area contributed by atoms with Crippen LogP contribution in [0.2, 0.25) is 0 Å². The van der Waals surface area contributed by atoms with E-state index in [2.05, 4.69) is 20.2 Å². The van der Waals surface area contributed by atoms with Crippen molar-refractivity contribution in [1.82, 2.24) is 14.9 Å². The number of esters is 1. The van der Waals surface area contributed by atoms with E-state index < -0.39 is 11.6 Å². The van der Waals surface area contributed by atoms with Gasteiger partial charge in [0.2, 0.25) is 0 Å². The Morgan fingerprint density at radius 2 is 1.73 bits per heavy atom. The summed E-state index contributed by atoms with van der Waals surface area (Å²) in [4.78, 5) is 36.0. The molecule has 1 aromatic heterocycles. The van der Waals surface area contributed by atoms with Crippen LogP contribution in [-0.2, 0) is 9.47 Å². The Balaban J connectivity index is 1.60. The van der Waals surface area contributed by atoms with Crippen molar-refractivity contribution >= 4 is 29.3 Å². The van der Waals surface area contributed by atoms with Gasteiger partial charge in [0.1, 0.15) is 23.3 Å². The fraction of sp³-hybridized carbons (Fsp3) is 0.429. The first-order chi connectivity index (χ1) is 14.3. The Kier molecular flexibility index (Phi) is 6.39. The zero-order chi connectivity index (χ0) is 21.7. The third-order valence-corrected chi connectivity index (χ3v) is 4.54. The van der Waals surface area contributed by atoms with Gasteiger partial charge in [-0.15, -0.1) is 0 Å². The molecule has 1 aromatic carbocycles. The lowest BCUT2D eigenvalue weighted by molar-refractivity contribution is 0.0240. The maximum absolute atomic E-state index is 12.2. The molecule has 0 radical (unpaired) electrons. The van der Waals surface area contributed by atoms with Gasteiger partial charge in [-0.3, -0.25) is 0 Å².